The summed E-state index contributed by atoms with van der Waals surface area (Å²) in [5, 5.41) is 6.14. The van der Waals surface area contributed by atoms with Gasteiger partial charge in [-0.25, -0.2) is 0 Å². The molecule has 0 bridgehead atoms. The first-order valence-corrected chi connectivity index (χ1v) is 5.33. The third-order valence-electron chi connectivity index (χ3n) is 2.49. The smallest absolute Gasteiger partial charge is 0.287 e. The molecule has 1 amide bonds. The maximum atomic E-state index is 11.6. The topological polar surface area (TPSA) is 54.3 Å². The van der Waals surface area contributed by atoms with Gasteiger partial charge < -0.3 is 15.1 Å². The highest BCUT2D eigenvalue weighted by molar-refractivity contribution is 5.92. The molecular weight excluding hydrogens is 228 g/mol. The lowest BCUT2D eigenvalue weighted by molar-refractivity contribution is 0.0925. The summed E-state index contributed by atoms with van der Waals surface area (Å²) < 4.78 is 5.08. The number of halogens is 1. The van der Waals surface area contributed by atoms with E-state index in [1.165, 1.54) is 19.1 Å². The van der Waals surface area contributed by atoms with Gasteiger partial charge in [-0.1, -0.05) is 0 Å². The molecule has 4 nitrogen and oxygen atoms in total. The third-order valence-corrected chi connectivity index (χ3v) is 2.49. The molecule has 16 heavy (non-hydrogen) atoms. The summed E-state index contributed by atoms with van der Waals surface area (Å²) >= 11 is 0. The zero-order chi connectivity index (χ0) is 10.7. The molecule has 1 fully saturated rings. The third kappa shape index (κ3) is 3.54. The van der Waals surface area contributed by atoms with E-state index in [-0.39, 0.29) is 18.3 Å². The molecule has 1 saturated carbocycles. The summed E-state index contributed by atoms with van der Waals surface area (Å²) in [6.07, 6.45) is 4.07. The van der Waals surface area contributed by atoms with E-state index < -0.39 is 0 Å². The highest BCUT2D eigenvalue weighted by atomic mass is 35.5. The standard InChI is InChI=1S/C11H16N2O2.ClH/c1-8-4-7-15-10(8)11(14)13-6-5-12-9-2-3-9;/h4,7,9,12H,2-3,5-6H2,1H3,(H,13,14);1H. The molecule has 0 radical (unpaired) electrons. The molecule has 1 aromatic heterocycles. The second-order valence-corrected chi connectivity index (χ2v) is 3.92. The van der Waals surface area contributed by atoms with E-state index in [0.29, 0.717) is 18.3 Å². The average Bonchev–Trinajstić information content (AvgIpc) is 2.94. The van der Waals surface area contributed by atoms with Crippen molar-refractivity contribution < 1.29 is 9.21 Å². The lowest BCUT2D eigenvalue weighted by Crippen LogP contribution is -2.32. The van der Waals surface area contributed by atoms with E-state index >= 15 is 0 Å². The minimum Gasteiger partial charge on any atom is -0.459 e. The number of furan rings is 1. The minimum absolute atomic E-state index is 0. The zero-order valence-electron chi connectivity index (χ0n) is 9.29. The van der Waals surface area contributed by atoms with E-state index in [1.54, 1.807) is 6.07 Å². The Kier molecular flexibility index (Phi) is 4.83. The minimum atomic E-state index is -0.130. The van der Waals surface area contributed by atoms with Gasteiger partial charge >= 0.3 is 0 Å². The van der Waals surface area contributed by atoms with Crippen molar-refractivity contribution in [1.82, 2.24) is 10.6 Å². The summed E-state index contributed by atoms with van der Waals surface area (Å²) in [7, 11) is 0. The summed E-state index contributed by atoms with van der Waals surface area (Å²) in [6.45, 7) is 3.34. The van der Waals surface area contributed by atoms with Crippen molar-refractivity contribution in [2.24, 2.45) is 0 Å². The largest absolute Gasteiger partial charge is 0.459 e. The van der Waals surface area contributed by atoms with Gasteiger partial charge in [0.1, 0.15) is 0 Å². The lowest BCUT2D eigenvalue weighted by atomic mass is 10.3. The van der Waals surface area contributed by atoms with Crippen LogP contribution in [0.3, 0.4) is 0 Å². The molecule has 1 aliphatic carbocycles. The van der Waals surface area contributed by atoms with Gasteiger partial charge in [0.15, 0.2) is 5.76 Å². The number of hydrogen-bond donors (Lipinski definition) is 2. The number of amides is 1. The predicted molar refractivity (Wildman–Crippen MR) is 64.1 cm³/mol. The molecule has 90 valence electrons. The second kappa shape index (κ2) is 5.92. The van der Waals surface area contributed by atoms with Crippen molar-refractivity contribution in [1.29, 1.82) is 0 Å². The Hall–Kier alpha value is -1.00. The van der Waals surface area contributed by atoms with Crippen LogP contribution in [0.1, 0.15) is 29.0 Å². The molecule has 0 saturated heterocycles. The van der Waals surface area contributed by atoms with Crippen LogP contribution in [0.4, 0.5) is 0 Å². The van der Waals surface area contributed by atoms with Gasteiger partial charge in [0, 0.05) is 24.7 Å². The zero-order valence-corrected chi connectivity index (χ0v) is 10.1. The number of aryl methyl sites for hydroxylation is 1. The molecule has 5 heteroatoms. The fourth-order valence-corrected chi connectivity index (χ4v) is 1.43. The number of carbonyl (C=O) groups is 1. The van der Waals surface area contributed by atoms with E-state index in [4.69, 9.17) is 4.42 Å². The van der Waals surface area contributed by atoms with Crippen molar-refractivity contribution in [3.05, 3.63) is 23.7 Å². The molecule has 2 N–H and O–H groups in total. The van der Waals surface area contributed by atoms with Gasteiger partial charge in [-0.05, 0) is 25.8 Å². The van der Waals surface area contributed by atoms with Gasteiger partial charge in [0.05, 0.1) is 6.26 Å². The van der Waals surface area contributed by atoms with Crippen LogP contribution in [0, 0.1) is 6.92 Å². The van der Waals surface area contributed by atoms with Gasteiger partial charge in [0.25, 0.3) is 5.91 Å². The Bertz CT molecular complexity index is 348. The van der Waals surface area contributed by atoms with Gasteiger partial charge in [-0.15, -0.1) is 12.4 Å². The van der Waals surface area contributed by atoms with Gasteiger partial charge in [-0.3, -0.25) is 4.79 Å². The van der Waals surface area contributed by atoms with Crippen LogP contribution in [0.2, 0.25) is 0 Å². The van der Waals surface area contributed by atoms with Crippen LogP contribution in [-0.2, 0) is 0 Å². The molecule has 1 aliphatic rings. The SMILES string of the molecule is Cc1ccoc1C(=O)NCCNC1CC1.Cl. The molecule has 2 rings (SSSR count). The van der Waals surface area contributed by atoms with Crippen LogP contribution in [-0.4, -0.2) is 25.0 Å². The maximum absolute atomic E-state index is 11.6. The number of carbonyl (C=O) groups excluding carboxylic acids is 1. The van der Waals surface area contributed by atoms with Crippen LogP contribution in [0.15, 0.2) is 16.7 Å². The van der Waals surface area contributed by atoms with E-state index in [0.717, 1.165) is 12.1 Å². The number of nitrogens with one attached hydrogen (secondary N) is 2. The Morgan fingerprint density at radius 2 is 2.25 bits per heavy atom. The molecule has 0 spiro atoms. The van der Waals surface area contributed by atoms with E-state index in [9.17, 15) is 4.79 Å². The van der Waals surface area contributed by atoms with E-state index in [2.05, 4.69) is 10.6 Å². The first-order valence-electron chi connectivity index (χ1n) is 5.33. The Morgan fingerprint density at radius 3 is 2.81 bits per heavy atom. The van der Waals surface area contributed by atoms with Crippen molar-refractivity contribution in [3.63, 3.8) is 0 Å². The van der Waals surface area contributed by atoms with Crippen LogP contribution in [0.5, 0.6) is 0 Å². The van der Waals surface area contributed by atoms with E-state index in [1.807, 2.05) is 6.92 Å². The van der Waals surface area contributed by atoms with Crippen molar-refractivity contribution in [2.75, 3.05) is 13.1 Å². The first-order chi connectivity index (χ1) is 7.27. The molecule has 0 aliphatic heterocycles. The van der Waals surface area contributed by atoms with Gasteiger partial charge in [-0.2, -0.15) is 0 Å². The summed E-state index contributed by atoms with van der Waals surface area (Å²) in [5.41, 5.74) is 0.877. The molecule has 1 heterocycles. The van der Waals surface area contributed by atoms with Crippen LogP contribution < -0.4 is 10.6 Å². The Labute approximate surface area is 101 Å². The fourth-order valence-electron chi connectivity index (χ4n) is 1.43. The highest BCUT2D eigenvalue weighted by Gasteiger charge is 2.19. The van der Waals surface area contributed by atoms with Crippen molar-refractivity contribution >= 4 is 18.3 Å². The Morgan fingerprint density at radius 1 is 1.50 bits per heavy atom. The Balaban J connectivity index is 0.00000128. The summed E-state index contributed by atoms with van der Waals surface area (Å²) in [6, 6.07) is 2.48. The van der Waals surface area contributed by atoms with Crippen LogP contribution in [0.25, 0.3) is 0 Å². The maximum Gasteiger partial charge on any atom is 0.287 e. The predicted octanol–water partition coefficient (Wildman–Crippen LogP) is 1.49. The quantitative estimate of drug-likeness (QED) is 0.772. The number of hydrogen-bond acceptors (Lipinski definition) is 3. The fraction of sp³-hybridized carbons (Fsp3) is 0.545. The van der Waals surface area contributed by atoms with Gasteiger partial charge in [0.2, 0.25) is 0 Å². The number of rotatable bonds is 5. The molecular formula is C11H17ClN2O2. The average molecular weight is 245 g/mol. The molecule has 0 unspecified atom stereocenters. The molecule has 0 atom stereocenters. The van der Waals surface area contributed by atoms with Crippen molar-refractivity contribution in [3.8, 4) is 0 Å². The summed E-state index contributed by atoms with van der Waals surface area (Å²) in [5.74, 6) is 0.288. The lowest BCUT2D eigenvalue weighted by Gasteiger charge is -2.04. The van der Waals surface area contributed by atoms with Crippen LogP contribution >= 0.6 is 12.4 Å². The highest BCUT2D eigenvalue weighted by Crippen LogP contribution is 2.17. The first kappa shape index (κ1) is 13.1. The normalized spacial score (nSPS) is 14.3. The molecule has 1 aromatic rings. The second-order valence-electron chi connectivity index (χ2n) is 3.92. The molecule has 0 aromatic carbocycles. The van der Waals surface area contributed by atoms with Crippen molar-refractivity contribution in [2.45, 2.75) is 25.8 Å². The monoisotopic (exact) mass is 244 g/mol. The summed E-state index contributed by atoms with van der Waals surface area (Å²) in [4.78, 5) is 11.6.